The Bertz CT molecular complexity index is 620. The fourth-order valence-electron chi connectivity index (χ4n) is 2.12. The lowest BCUT2D eigenvalue weighted by molar-refractivity contribution is 0.626. The van der Waals surface area contributed by atoms with E-state index in [0.717, 1.165) is 11.0 Å². The van der Waals surface area contributed by atoms with Crippen LogP contribution in [0.2, 0.25) is 5.15 Å². The fourth-order valence-corrected chi connectivity index (χ4v) is 3.18. The number of aromatic nitrogens is 5. The molecule has 2 heterocycles. The highest BCUT2D eigenvalue weighted by atomic mass is 35.5. The summed E-state index contributed by atoms with van der Waals surface area (Å²) in [5.74, 6) is 1.75. The van der Waals surface area contributed by atoms with Crippen molar-refractivity contribution in [1.29, 1.82) is 0 Å². The molecule has 2 aromatic heterocycles. The Morgan fingerprint density at radius 1 is 1.11 bits per heavy atom. The van der Waals surface area contributed by atoms with Gasteiger partial charge < -0.3 is 4.57 Å². The first-order valence-electron chi connectivity index (χ1n) is 6.42. The molecule has 2 aromatic rings. The van der Waals surface area contributed by atoms with Crippen LogP contribution in [0, 0.1) is 0 Å². The first-order chi connectivity index (χ1) is 9.33. The molecule has 0 N–H and O–H groups in total. The Balaban J connectivity index is 1.69. The summed E-state index contributed by atoms with van der Waals surface area (Å²) < 4.78 is 2.29. The summed E-state index contributed by atoms with van der Waals surface area (Å²) in [6.07, 6.45) is 8.16. The van der Waals surface area contributed by atoms with Crippen LogP contribution in [-0.2, 0) is 0 Å². The highest BCUT2D eigenvalue weighted by Gasteiger charge is 2.36. The zero-order chi connectivity index (χ0) is 12.8. The molecule has 0 atom stereocenters. The maximum absolute atomic E-state index is 6.05. The summed E-state index contributed by atoms with van der Waals surface area (Å²) in [6, 6.07) is 0.573. The summed E-state index contributed by atoms with van der Waals surface area (Å²) in [5.41, 5.74) is 0. The molecule has 7 heteroatoms. The third-order valence-corrected chi connectivity index (χ3v) is 4.70. The van der Waals surface area contributed by atoms with Gasteiger partial charge in [0.15, 0.2) is 10.3 Å². The average Bonchev–Trinajstić information content (AvgIpc) is 3.32. The highest BCUT2D eigenvalue weighted by molar-refractivity contribution is 7.99. The van der Waals surface area contributed by atoms with Gasteiger partial charge in [-0.3, -0.25) is 0 Å². The van der Waals surface area contributed by atoms with Crippen LogP contribution in [0.5, 0.6) is 0 Å². The lowest BCUT2D eigenvalue weighted by atomic mass is 10.4. The van der Waals surface area contributed by atoms with E-state index in [0.29, 0.717) is 22.1 Å². The molecule has 2 saturated carbocycles. The molecule has 0 bridgehead atoms. The Labute approximate surface area is 119 Å². The molecular weight excluding hydrogens is 282 g/mol. The predicted octanol–water partition coefficient (Wildman–Crippen LogP) is 3.09. The molecule has 19 heavy (non-hydrogen) atoms. The Kier molecular flexibility index (Phi) is 2.73. The smallest absolute Gasteiger partial charge is 0.197 e. The van der Waals surface area contributed by atoms with E-state index in [9.17, 15) is 0 Å². The van der Waals surface area contributed by atoms with E-state index < -0.39 is 0 Å². The molecule has 2 aliphatic carbocycles. The van der Waals surface area contributed by atoms with Crippen LogP contribution in [0.15, 0.2) is 22.6 Å². The molecule has 2 aliphatic rings. The van der Waals surface area contributed by atoms with Gasteiger partial charge in [0.1, 0.15) is 10.9 Å². The van der Waals surface area contributed by atoms with Gasteiger partial charge in [-0.1, -0.05) is 11.6 Å². The second kappa shape index (κ2) is 4.45. The number of hydrogen-bond donors (Lipinski definition) is 0. The van der Waals surface area contributed by atoms with E-state index in [1.165, 1.54) is 37.4 Å². The zero-order valence-electron chi connectivity index (χ0n) is 10.2. The van der Waals surface area contributed by atoms with Gasteiger partial charge in [0.05, 0.1) is 0 Å². The van der Waals surface area contributed by atoms with Crippen molar-refractivity contribution in [3.63, 3.8) is 0 Å². The molecule has 98 valence electrons. The average molecular weight is 294 g/mol. The van der Waals surface area contributed by atoms with Gasteiger partial charge in [-0.25, -0.2) is 9.97 Å². The second-order valence-corrected chi connectivity index (χ2v) is 6.28. The summed E-state index contributed by atoms with van der Waals surface area (Å²) in [7, 11) is 0. The monoisotopic (exact) mass is 293 g/mol. The van der Waals surface area contributed by atoms with Gasteiger partial charge in [0.2, 0.25) is 0 Å². The largest absolute Gasteiger partial charge is 0.302 e. The van der Waals surface area contributed by atoms with Crippen LogP contribution in [0.25, 0.3) is 0 Å². The van der Waals surface area contributed by atoms with Crippen molar-refractivity contribution in [2.75, 3.05) is 0 Å². The summed E-state index contributed by atoms with van der Waals surface area (Å²) in [6.45, 7) is 0. The number of nitrogens with zero attached hydrogens (tertiary/aromatic N) is 5. The van der Waals surface area contributed by atoms with Crippen LogP contribution in [0.1, 0.15) is 43.5 Å². The summed E-state index contributed by atoms with van der Waals surface area (Å²) in [5, 5.41) is 10.7. The Hall–Kier alpha value is -1.14. The lowest BCUT2D eigenvalue weighted by Crippen LogP contribution is -2.02. The molecule has 0 radical (unpaired) electrons. The quantitative estimate of drug-likeness (QED) is 0.867. The van der Waals surface area contributed by atoms with Crippen LogP contribution >= 0.6 is 23.4 Å². The molecule has 2 fully saturated rings. The second-order valence-electron chi connectivity index (χ2n) is 4.97. The molecule has 0 aromatic carbocycles. The van der Waals surface area contributed by atoms with Gasteiger partial charge in [-0.05, 0) is 37.4 Å². The molecule has 0 amide bonds. The van der Waals surface area contributed by atoms with Crippen LogP contribution in [-0.4, -0.2) is 24.7 Å². The maximum Gasteiger partial charge on any atom is 0.197 e. The molecule has 4 rings (SSSR count). The van der Waals surface area contributed by atoms with Gasteiger partial charge in [-0.2, -0.15) is 0 Å². The van der Waals surface area contributed by atoms with E-state index in [1.54, 1.807) is 12.4 Å². The van der Waals surface area contributed by atoms with Crippen molar-refractivity contribution >= 4 is 23.4 Å². The van der Waals surface area contributed by atoms with Gasteiger partial charge >= 0.3 is 0 Å². The van der Waals surface area contributed by atoms with Crippen molar-refractivity contribution in [3.05, 3.63) is 23.4 Å². The van der Waals surface area contributed by atoms with Gasteiger partial charge in [0, 0.05) is 24.4 Å². The van der Waals surface area contributed by atoms with Crippen LogP contribution in [0.4, 0.5) is 0 Å². The highest BCUT2D eigenvalue weighted by Crippen LogP contribution is 2.46. The van der Waals surface area contributed by atoms with Gasteiger partial charge in [0.25, 0.3) is 0 Å². The standard InChI is InChI=1S/C12H12ClN5S/c13-9-11(15-6-5-14-9)19-12-17-16-10(7-1-2-7)18(12)8-3-4-8/h5-8H,1-4H2. The summed E-state index contributed by atoms with van der Waals surface area (Å²) in [4.78, 5) is 8.30. The topological polar surface area (TPSA) is 56.5 Å². The predicted molar refractivity (Wildman–Crippen MR) is 71.4 cm³/mol. The maximum atomic E-state index is 6.05. The van der Waals surface area contributed by atoms with E-state index in [4.69, 9.17) is 11.6 Å². The third kappa shape index (κ3) is 2.23. The minimum Gasteiger partial charge on any atom is -0.302 e. The molecule has 5 nitrogen and oxygen atoms in total. The number of hydrogen-bond acceptors (Lipinski definition) is 5. The Morgan fingerprint density at radius 2 is 1.89 bits per heavy atom. The Morgan fingerprint density at radius 3 is 2.58 bits per heavy atom. The minimum atomic E-state index is 0.422. The van der Waals surface area contributed by atoms with E-state index in [2.05, 4.69) is 24.7 Å². The molecule has 0 aliphatic heterocycles. The van der Waals surface area contributed by atoms with Crippen molar-refractivity contribution in [1.82, 2.24) is 24.7 Å². The van der Waals surface area contributed by atoms with Crippen molar-refractivity contribution in [2.45, 2.75) is 47.8 Å². The number of rotatable bonds is 4. The lowest BCUT2D eigenvalue weighted by Gasteiger charge is -2.07. The zero-order valence-corrected chi connectivity index (χ0v) is 11.7. The third-order valence-electron chi connectivity index (χ3n) is 3.36. The SMILES string of the molecule is Clc1nccnc1Sc1nnc(C2CC2)n1C1CC1. The number of halogens is 1. The van der Waals surface area contributed by atoms with Crippen molar-refractivity contribution in [2.24, 2.45) is 0 Å². The molecule has 0 spiro atoms. The van der Waals surface area contributed by atoms with Crippen molar-refractivity contribution < 1.29 is 0 Å². The first-order valence-corrected chi connectivity index (χ1v) is 7.61. The van der Waals surface area contributed by atoms with Crippen LogP contribution in [0.3, 0.4) is 0 Å². The van der Waals surface area contributed by atoms with Crippen LogP contribution < -0.4 is 0 Å². The molecule has 0 unspecified atom stereocenters. The van der Waals surface area contributed by atoms with Crippen molar-refractivity contribution in [3.8, 4) is 0 Å². The van der Waals surface area contributed by atoms with E-state index >= 15 is 0 Å². The van der Waals surface area contributed by atoms with E-state index in [1.807, 2.05) is 0 Å². The van der Waals surface area contributed by atoms with Gasteiger partial charge in [-0.15, -0.1) is 10.2 Å². The summed E-state index contributed by atoms with van der Waals surface area (Å²) >= 11 is 7.51. The van der Waals surface area contributed by atoms with E-state index in [-0.39, 0.29) is 0 Å². The molecular formula is C12H12ClN5S. The minimum absolute atomic E-state index is 0.422. The normalized spacial score (nSPS) is 18.8. The first kappa shape index (κ1) is 11.7. The molecule has 0 saturated heterocycles. The fraction of sp³-hybridized carbons (Fsp3) is 0.500.